The molecule has 0 radical (unpaired) electrons. The van der Waals surface area contributed by atoms with E-state index in [9.17, 15) is 18.0 Å². The van der Waals surface area contributed by atoms with Crippen LogP contribution in [0.1, 0.15) is 27.9 Å². The SMILES string of the molecule is Cc1cccc(C(=O)NCCC(=O)NCc2ccc(S(=O)(=O)N3CCOCC3)cc2)c1. The van der Waals surface area contributed by atoms with Gasteiger partial charge in [0.05, 0.1) is 18.1 Å². The lowest BCUT2D eigenvalue weighted by Gasteiger charge is -2.26. The summed E-state index contributed by atoms with van der Waals surface area (Å²) < 4.78 is 31.9. The van der Waals surface area contributed by atoms with E-state index < -0.39 is 10.0 Å². The zero-order chi connectivity index (χ0) is 22.3. The lowest BCUT2D eigenvalue weighted by Crippen LogP contribution is -2.40. The number of hydrogen-bond donors (Lipinski definition) is 2. The number of hydrogen-bond acceptors (Lipinski definition) is 5. The fourth-order valence-electron chi connectivity index (χ4n) is 3.18. The number of aryl methyl sites for hydroxylation is 1. The Kier molecular flexibility index (Phi) is 7.78. The number of morpholine rings is 1. The van der Waals surface area contributed by atoms with Gasteiger partial charge in [-0.25, -0.2) is 8.42 Å². The van der Waals surface area contributed by atoms with E-state index in [0.717, 1.165) is 11.1 Å². The van der Waals surface area contributed by atoms with Crippen LogP contribution in [0.15, 0.2) is 53.4 Å². The van der Waals surface area contributed by atoms with Crippen molar-refractivity contribution >= 4 is 21.8 Å². The van der Waals surface area contributed by atoms with Crippen molar-refractivity contribution in [2.45, 2.75) is 24.8 Å². The average Bonchev–Trinajstić information content (AvgIpc) is 2.78. The Morgan fingerprint density at radius 3 is 2.42 bits per heavy atom. The molecule has 0 spiro atoms. The molecule has 31 heavy (non-hydrogen) atoms. The Balaban J connectivity index is 1.43. The van der Waals surface area contributed by atoms with E-state index in [1.54, 1.807) is 36.4 Å². The molecule has 0 aromatic heterocycles. The van der Waals surface area contributed by atoms with Gasteiger partial charge < -0.3 is 15.4 Å². The van der Waals surface area contributed by atoms with Gasteiger partial charge in [0.25, 0.3) is 5.91 Å². The summed E-state index contributed by atoms with van der Waals surface area (Å²) in [6.07, 6.45) is 0.154. The largest absolute Gasteiger partial charge is 0.379 e. The second-order valence-corrected chi connectivity index (χ2v) is 9.25. The van der Waals surface area contributed by atoms with Gasteiger partial charge in [-0.05, 0) is 36.8 Å². The van der Waals surface area contributed by atoms with Crippen LogP contribution in [-0.4, -0.2) is 57.4 Å². The molecule has 0 unspecified atom stereocenters. The summed E-state index contributed by atoms with van der Waals surface area (Å²) in [7, 11) is -3.53. The van der Waals surface area contributed by atoms with Crippen molar-refractivity contribution in [1.82, 2.24) is 14.9 Å². The van der Waals surface area contributed by atoms with Gasteiger partial charge in [-0.15, -0.1) is 0 Å². The first-order chi connectivity index (χ1) is 14.9. The van der Waals surface area contributed by atoms with Gasteiger partial charge in [0.2, 0.25) is 15.9 Å². The number of carbonyl (C=O) groups excluding carboxylic acids is 2. The van der Waals surface area contributed by atoms with Crippen LogP contribution < -0.4 is 10.6 Å². The van der Waals surface area contributed by atoms with E-state index in [4.69, 9.17) is 4.74 Å². The minimum Gasteiger partial charge on any atom is -0.379 e. The molecule has 2 amide bonds. The Labute approximate surface area is 182 Å². The van der Waals surface area contributed by atoms with Gasteiger partial charge in [-0.2, -0.15) is 4.31 Å². The highest BCUT2D eigenvalue weighted by molar-refractivity contribution is 7.89. The minimum atomic E-state index is -3.53. The summed E-state index contributed by atoms with van der Waals surface area (Å²) in [5.74, 6) is -0.414. The first-order valence-corrected chi connectivity index (χ1v) is 11.6. The second-order valence-electron chi connectivity index (χ2n) is 7.31. The maximum absolute atomic E-state index is 12.6. The van der Waals surface area contributed by atoms with Crippen molar-refractivity contribution in [1.29, 1.82) is 0 Å². The molecule has 166 valence electrons. The van der Waals surface area contributed by atoms with Crippen molar-refractivity contribution < 1.29 is 22.7 Å². The molecular formula is C22H27N3O5S. The Bertz CT molecular complexity index is 1020. The van der Waals surface area contributed by atoms with Gasteiger partial charge in [0, 0.05) is 38.2 Å². The molecule has 2 aromatic carbocycles. The highest BCUT2D eigenvalue weighted by atomic mass is 32.2. The number of amides is 2. The number of rotatable bonds is 8. The highest BCUT2D eigenvalue weighted by Gasteiger charge is 2.26. The van der Waals surface area contributed by atoms with Crippen molar-refractivity contribution in [2.75, 3.05) is 32.8 Å². The maximum atomic E-state index is 12.6. The number of nitrogens with zero attached hydrogens (tertiary/aromatic N) is 1. The van der Waals surface area contributed by atoms with Crippen molar-refractivity contribution in [3.63, 3.8) is 0 Å². The molecule has 0 atom stereocenters. The highest BCUT2D eigenvalue weighted by Crippen LogP contribution is 2.17. The van der Waals surface area contributed by atoms with Crippen molar-refractivity contribution in [2.24, 2.45) is 0 Å². The monoisotopic (exact) mass is 445 g/mol. The standard InChI is InChI=1S/C22H27N3O5S/c1-17-3-2-4-19(15-17)22(27)23-10-9-21(26)24-16-18-5-7-20(8-6-18)31(28,29)25-11-13-30-14-12-25/h2-8,15H,9-14,16H2,1H3,(H,23,27)(H,24,26). The summed E-state index contributed by atoms with van der Waals surface area (Å²) in [6, 6.07) is 13.7. The van der Waals surface area contributed by atoms with Gasteiger partial charge >= 0.3 is 0 Å². The van der Waals surface area contributed by atoms with Crippen LogP contribution in [0.4, 0.5) is 0 Å². The molecule has 0 saturated carbocycles. The van der Waals surface area contributed by atoms with E-state index in [1.165, 1.54) is 4.31 Å². The van der Waals surface area contributed by atoms with Gasteiger partial charge in [0.1, 0.15) is 0 Å². The molecule has 1 aliphatic rings. The summed E-state index contributed by atoms with van der Waals surface area (Å²) in [4.78, 5) is 24.4. The maximum Gasteiger partial charge on any atom is 0.251 e. The third-order valence-corrected chi connectivity index (χ3v) is 6.85. The lowest BCUT2D eigenvalue weighted by molar-refractivity contribution is -0.121. The first-order valence-electron chi connectivity index (χ1n) is 10.1. The normalized spacial score (nSPS) is 14.7. The number of sulfonamides is 1. The van der Waals surface area contributed by atoms with Crippen LogP contribution in [0.5, 0.6) is 0 Å². The molecule has 0 aliphatic carbocycles. The van der Waals surface area contributed by atoms with E-state index >= 15 is 0 Å². The third-order valence-electron chi connectivity index (χ3n) is 4.94. The molecule has 9 heteroatoms. The molecule has 1 saturated heterocycles. The van der Waals surface area contributed by atoms with E-state index in [0.29, 0.717) is 31.9 Å². The quantitative estimate of drug-likeness (QED) is 0.640. The first kappa shape index (κ1) is 22.9. The van der Waals surface area contributed by atoms with Gasteiger partial charge in [0.15, 0.2) is 0 Å². The van der Waals surface area contributed by atoms with E-state index in [2.05, 4.69) is 10.6 Å². The predicted molar refractivity (Wildman–Crippen MR) is 116 cm³/mol. The minimum absolute atomic E-state index is 0.154. The molecule has 1 fully saturated rings. The van der Waals surface area contributed by atoms with Crippen LogP contribution in [0.2, 0.25) is 0 Å². The number of nitrogens with one attached hydrogen (secondary N) is 2. The molecule has 1 aliphatic heterocycles. The van der Waals surface area contributed by atoms with Gasteiger partial charge in [-0.3, -0.25) is 9.59 Å². The molecule has 2 N–H and O–H groups in total. The van der Waals surface area contributed by atoms with Crippen molar-refractivity contribution in [3.05, 3.63) is 65.2 Å². The fourth-order valence-corrected chi connectivity index (χ4v) is 4.59. The van der Waals surface area contributed by atoms with Crippen LogP contribution in [0, 0.1) is 6.92 Å². The van der Waals surface area contributed by atoms with Crippen LogP contribution >= 0.6 is 0 Å². The molecule has 3 rings (SSSR count). The zero-order valence-corrected chi connectivity index (χ0v) is 18.3. The Hall–Kier alpha value is -2.75. The number of benzene rings is 2. The second kappa shape index (κ2) is 10.5. The smallest absolute Gasteiger partial charge is 0.251 e. The van der Waals surface area contributed by atoms with Gasteiger partial charge in [-0.1, -0.05) is 29.8 Å². The summed E-state index contributed by atoms with van der Waals surface area (Å²) in [5.41, 5.74) is 2.35. The summed E-state index contributed by atoms with van der Waals surface area (Å²) in [5, 5.41) is 5.51. The zero-order valence-electron chi connectivity index (χ0n) is 17.5. The Morgan fingerprint density at radius 2 is 1.74 bits per heavy atom. The summed E-state index contributed by atoms with van der Waals surface area (Å²) >= 11 is 0. The average molecular weight is 446 g/mol. The van der Waals surface area contributed by atoms with Crippen LogP contribution in [-0.2, 0) is 26.1 Å². The topological polar surface area (TPSA) is 105 Å². The predicted octanol–water partition coefficient (Wildman–Crippen LogP) is 1.45. The van der Waals surface area contributed by atoms with E-state index in [-0.39, 0.29) is 36.2 Å². The molecular weight excluding hydrogens is 418 g/mol. The molecule has 0 bridgehead atoms. The van der Waals surface area contributed by atoms with E-state index in [1.807, 2.05) is 19.1 Å². The summed E-state index contributed by atoms with van der Waals surface area (Å²) in [6.45, 7) is 3.91. The van der Waals surface area contributed by atoms with Crippen LogP contribution in [0.25, 0.3) is 0 Å². The molecule has 1 heterocycles. The lowest BCUT2D eigenvalue weighted by atomic mass is 10.1. The number of carbonyl (C=O) groups is 2. The van der Waals surface area contributed by atoms with Crippen molar-refractivity contribution in [3.8, 4) is 0 Å². The fraction of sp³-hybridized carbons (Fsp3) is 0.364. The Morgan fingerprint density at radius 1 is 1.03 bits per heavy atom. The molecule has 2 aromatic rings. The van der Waals surface area contributed by atoms with Crippen LogP contribution in [0.3, 0.4) is 0 Å². The third kappa shape index (κ3) is 6.36. The number of ether oxygens (including phenoxy) is 1. The molecule has 8 nitrogen and oxygen atoms in total.